The number of benzene rings is 1. The lowest BCUT2D eigenvalue weighted by molar-refractivity contribution is -0.142. The summed E-state index contributed by atoms with van der Waals surface area (Å²) in [6, 6.07) is 6.91. The standard InChI is InChI=1S/C15H19ClN2O3/c1-10-13(14(19)20)7-8-18(10)15(21)17(2)9-11-3-5-12(16)6-4-11/h3-6,10,13H,7-9H2,1-2H3,(H,19,20). The van der Waals surface area contributed by atoms with Gasteiger partial charge in [-0.3, -0.25) is 4.79 Å². The number of halogens is 1. The van der Waals surface area contributed by atoms with Crippen LogP contribution in [0.1, 0.15) is 18.9 Å². The van der Waals surface area contributed by atoms with Gasteiger partial charge in [0.05, 0.1) is 5.92 Å². The van der Waals surface area contributed by atoms with Crippen LogP contribution in [-0.2, 0) is 11.3 Å². The zero-order valence-corrected chi connectivity index (χ0v) is 12.9. The van der Waals surface area contributed by atoms with Crippen molar-refractivity contribution in [3.63, 3.8) is 0 Å². The zero-order valence-electron chi connectivity index (χ0n) is 12.1. The van der Waals surface area contributed by atoms with Gasteiger partial charge in [0.15, 0.2) is 0 Å². The first kappa shape index (κ1) is 15.6. The highest BCUT2D eigenvalue weighted by Gasteiger charge is 2.39. The SMILES string of the molecule is CC1C(C(=O)O)CCN1C(=O)N(C)Cc1ccc(Cl)cc1. The minimum absolute atomic E-state index is 0.138. The van der Waals surface area contributed by atoms with Crippen LogP contribution < -0.4 is 0 Å². The summed E-state index contributed by atoms with van der Waals surface area (Å²) in [5.74, 6) is -1.31. The van der Waals surface area contributed by atoms with Gasteiger partial charge in [-0.15, -0.1) is 0 Å². The molecule has 0 aromatic heterocycles. The molecule has 0 spiro atoms. The average molecular weight is 311 g/mol. The topological polar surface area (TPSA) is 60.9 Å². The summed E-state index contributed by atoms with van der Waals surface area (Å²) in [6.45, 7) is 2.75. The number of carbonyl (C=O) groups is 2. The summed E-state index contributed by atoms with van der Waals surface area (Å²) in [5.41, 5.74) is 0.983. The van der Waals surface area contributed by atoms with Gasteiger partial charge >= 0.3 is 12.0 Å². The lowest BCUT2D eigenvalue weighted by Gasteiger charge is -2.28. The van der Waals surface area contributed by atoms with Gasteiger partial charge in [0.25, 0.3) is 0 Å². The van der Waals surface area contributed by atoms with E-state index in [0.29, 0.717) is 24.5 Å². The van der Waals surface area contributed by atoms with Crippen molar-refractivity contribution in [3.8, 4) is 0 Å². The third-order valence-corrected chi connectivity index (χ3v) is 4.23. The molecule has 1 fully saturated rings. The Morgan fingerprint density at radius 3 is 2.52 bits per heavy atom. The van der Waals surface area contributed by atoms with E-state index in [1.54, 1.807) is 35.9 Å². The first-order chi connectivity index (χ1) is 9.90. The number of aliphatic carboxylic acids is 1. The first-order valence-electron chi connectivity index (χ1n) is 6.89. The van der Waals surface area contributed by atoms with Gasteiger partial charge in [-0.2, -0.15) is 0 Å². The maximum absolute atomic E-state index is 12.4. The number of hydrogen-bond donors (Lipinski definition) is 1. The minimum Gasteiger partial charge on any atom is -0.481 e. The van der Waals surface area contributed by atoms with Gasteiger partial charge in [0.1, 0.15) is 0 Å². The number of hydrogen-bond acceptors (Lipinski definition) is 2. The van der Waals surface area contributed by atoms with Gasteiger partial charge in [0.2, 0.25) is 0 Å². The second-order valence-corrected chi connectivity index (χ2v) is 5.87. The maximum Gasteiger partial charge on any atom is 0.320 e. The highest BCUT2D eigenvalue weighted by molar-refractivity contribution is 6.30. The molecule has 2 unspecified atom stereocenters. The van der Waals surface area contributed by atoms with E-state index in [0.717, 1.165) is 5.56 Å². The molecule has 1 N–H and O–H groups in total. The van der Waals surface area contributed by atoms with Gasteiger partial charge in [-0.1, -0.05) is 23.7 Å². The average Bonchev–Trinajstić information content (AvgIpc) is 2.82. The summed E-state index contributed by atoms with van der Waals surface area (Å²) in [4.78, 5) is 26.8. The number of urea groups is 1. The molecule has 1 aliphatic heterocycles. The summed E-state index contributed by atoms with van der Waals surface area (Å²) in [6.07, 6.45) is 0.511. The fraction of sp³-hybridized carbons (Fsp3) is 0.467. The molecule has 1 aromatic carbocycles. The van der Waals surface area contributed by atoms with Crippen molar-refractivity contribution in [1.29, 1.82) is 0 Å². The van der Waals surface area contributed by atoms with Crippen molar-refractivity contribution in [3.05, 3.63) is 34.9 Å². The van der Waals surface area contributed by atoms with Gasteiger partial charge in [-0.25, -0.2) is 4.79 Å². The lowest BCUT2D eigenvalue weighted by atomic mass is 10.0. The lowest BCUT2D eigenvalue weighted by Crippen LogP contribution is -2.44. The van der Waals surface area contributed by atoms with E-state index in [4.69, 9.17) is 16.7 Å². The molecule has 0 bridgehead atoms. The Kier molecular flexibility index (Phi) is 4.73. The quantitative estimate of drug-likeness (QED) is 0.933. The maximum atomic E-state index is 12.4. The molecule has 1 saturated heterocycles. The predicted molar refractivity (Wildman–Crippen MR) is 80.2 cm³/mol. The van der Waals surface area contributed by atoms with Crippen LogP contribution in [0.2, 0.25) is 5.02 Å². The molecule has 5 nitrogen and oxygen atoms in total. The number of likely N-dealkylation sites (tertiary alicyclic amines) is 1. The van der Waals surface area contributed by atoms with Gasteiger partial charge < -0.3 is 14.9 Å². The minimum atomic E-state index is -0.835. The molecule has 0 saturated carbocycles. The van der Waals surface area contributed by atoms with Gasteiger partial charge in [0, 0.05) is 31.2 Å². The molecule has 2 amide bonds. The number of nitrogens with zero attached hydrogens (tertiary/aromatic N) is 2. The van der Waals surface area contributed by atoms with Gasteiger partial charge in [-0.05, 0) is 31.0 Å². The van der Waals surface area contributed by atoms with Crippen molar-refractivity contribution in [1.82, 2.24) is 9.80 Å². The normalized spacial score (nSPS) is 21.4. The molecule has 6 heteroatoms. The monoisotopic (exact) mass is 310 g/mol. The van der Waals surface area contributed by atoms with Crippen LogP contribution in [0.15, 0.2) is 24.3 Å². The molecule has 2 atom stereocenters. The van der Waals surface area contributed by atoms with Crippen molar-refractivity contribution in [2.24, 2.45) is 5.92 Å². The predicted octanol–water partition coefficient (Wildman–Crippen LogP) is 2.69. The van der Waals surface area contributed by atoms with Crippen LogP contribution >= 0.6 is 11.6 Å². The molecule has 2 rings (SSSR count). The van der Waals surface area contributed by atoms with Crippen molar-refractivity contribution in [2.45, 2.75) is 25.9 Å². The highest BCUT2D eigenvalue weighted by Crippen LogP contribution is 2.25. The molecule has 0 aliphatic carbocycles. The number of carboxylic acid groups (broad SMARTS) is 1. The Balaban J connectivity index is 1.99. The van der Waals surface area contributed by atoms with Crippen molar-refractivity contribution >= 4 is 23.6 Å². The molecule has 1 aromatic rings. The Bertz CT molecular complexity index is 532. The van der Waals surface area contributed by atoms with E-state index in [1.807, 2.05) is 12.1 Å². The molecule has 0 radical (unpaired) electrons. The van der Waals surface area contributed by atoms with Crippen LogP contribution in [0.3, 0.4) is 0 Å². The molecule has 21 heavy (non-hydrogen) atoms. The first-order valence-corrected chi connectivity index (χ1v) is 7.27. The molecular weight excluding hydrogens is 292 g/mol. The van der Waals surface area contributed by atoms with E-state index < -0.39 is 11.9 Å². The number of carboxylic acids is 1. The summed E-state index contributed by atoms with van der Waals surface area (Å²) in [7, 11) is 1.72. The van der Waals surface area contributed by atoms with Crippen LogP contribution in [0, 0.1) is 5.92 Å². The Hall–Kier alpha value is -1.75. The highest BCUT2D eigenvalue weighted by atomic mass is 35.5. The third kappa shape index (κ3) is 3.47. The van der Waals surface area contributed by atoms with E-state index in [1.165, 1.54) is 0 Å². The molecule has 114 valence electrons. The summed E-state index contributed by atoms with van der Waals surface area (Å²) < 4.78 is 0. The van der Waals surface area contributed by atoms with Crippen molar-refractivity contribution in [2.75, 3.05) is 13.6 Å². The Morgan fingerprint density at radius 2 is 2.00 bits per heavy atom. The number of carbonyl (C=O) groups excluding carboxylic acids is 1. The van der Waals surface area contributed by atoms with Crippen LogP contribution in [0.5, 0.6) is 0 Å². The van der Waals surface area contributed by atoms with E-state index in [-0.39, 0.29) is 12.1 Å². The Labute approximate surface area is 129 Å². The number of amides is 2. The number of rotatable bonds is 3. The van der Waals surface area contributed by atoms with Crippen LogP contribution in [-0.4, -0.2) is 46.5 Å². The van der Waals surface area contributed by atoms with E-state index in [2.05, 4.69) is 0 Å². The second-order valence-electron chi connectivity index (χ2n) is 5.43. The van der Waals surface area contributed by atoms with Crippen LogP contribution in [0.4, 0.5) is 4.79 Å². The Morgan fingerprint density at radius 1 is 1.38 bits per heavy atom. The van der Waals surface area contributed by atoms with Crippen molar-refractivity contribution < 1.29 is 14.7 Å². The largest absolute Gasteiger partial charge is 0.481 e. The molecule has 1 heterocycles. The smallest absolute Gasteiger partial charge is 0.320 e. The van der Waals surface area contributed by atoms with Crippen LogP contribution in [0.25, 0.3) is 0 Å². The van der Waals surface area contributed by atoms with E-state index >= 15 is 0 Å². The second kappa shape index (κ2) is 6.35. The molecular formula is C15H19ClN2O3. The zero-order chi connectivity index (χ0) is 15.6. The summed E-state index contributed by atoms with van der Waals surface area (Å²) in [5, 5.41) is 9.78. The van der Waals surface area contributed by atoms with E-state index in [9.17, 15) is 9.59 Å². The summed E-state index contributed by atoms with van der Waals surface area (Å²) >= 11 is 5.83. The third-order valence-electron chi connectivity index (χ3n) is 3.98. The molecule has 1 aliphatic rings. The fourth-order valence-electron chi connectivity index (χ4n) is 2.69. The fourth-order valence-corrected chi connectivity index (χ4v) is 2.82.